The number of allylic oxidation sites excluding steroid dienone is 5. The average Bonchev–Trinajstić information content (AvgIpc) is 3.57. The van der Waals surface area contributed by atoms with E-state index in [0.717, 1.165) is 53.3 Å². The molecular formula is C53H35N3O. The summed E-state index contributed by atoms with van der Waals surface area (Å²) in [5.41, 5.74) is 15.2. The van der Waals surface area contributed by atoms with Gasteiger partial charge in [-0.05, 0) is 110 Å². The number of aromatic nitrogens is 3. The molecule has 0 saturated carbocycles. The molecule has 268 valence electrons. The topological polar surface area (TPSA) is 47.9 Å². The lowest BCUT2D eigenvalue weighted by atomic mass is 9.65. The summed E-state index contributed by atoms with van der Waals surface area (Å²) < 4.78 is 6.70. The summed E-state index contributed by atoms with van der Waals surface area (Å²) in [4.78, 5) is 15.4. The summed E-state index contributed by atoms with van der Waals surface area (Å²) in [5.74, 6) is 3.90. The third-order valence-electron chi connectivity index (χ3n) is 12.3. The van der Waals surface area contributed by atoms with Gasteiger partial charge in [-0.2, -0.15) is 0 Å². The Bertz CT molecular complexity index is 3040. The molecule has 7 aromatic carbocycles. The number of para-hydroxylation sites is 1. The Kier molecular flexibility index (Phi) is 7.00. The Morgan fingerprint density at radius 2 is 1.14 bits per heavy atom. The number of fused-ring (bicyclic) bond motifs is 9. The monoisotopic (exact) mass is 729 g/mol. The van der Waals surface area contributed by atoms with E-state index in [4.69, 9.17) is 19.7 Å². The third-order valence-corrected chi connectivity index (χ3v) is 12.3. The highest BCUT2D eigenvalue weighted by molar-refractivity contribution is 5.98. The van der Waals surface area contributed by atoms with Gasteiger partial charge in [0, 0.05) is 22.3 Å². The van der Waals surface area contributed by atoms with Gasteiger partial charge in [-0.3, -0.25) is 0 Å². The van der Waals surface area contributed by atoms with Gasteiger partial charge in [-0.25, -0.2) is 15.0 Å². The SMILES string of the molecule is C1=Cc2cc(-c3nc(C4=CC=C(c5ccc6c(c5)C5(c7ccccc7O6)c6ccccc6-c6ccccc65)CC4)nc(-c4ccccc4)n3)cc3cccc(c23)C1. The van der Waals surface area contributed by atoms with E-state index in [1.807, 2.05) is 18.2 Å². The summed E-state index contributed by atoms with van der Waals surface area (Å²) in [6.07, 6.45) is 11.6. The molecule has 0 fully saturated rings. The van der Waals surface area contributed by atoms with Crippen LogP contribution in [0.1, 0.15) is 57.6 Å². The summed E-state index contributed by atoms with van der Waals surface area (Å²) in [7, 11) is 0. The molecule has 57 heavy (non-hydrogen) atoms. The molecule has 0 radical (unpaired) electrons. The van der Waals surface area contributed by atoms with Crippen molar-refractivity contribution in [1.82, 2.24) is 15.0 Å². The molecule has 4 aliphatic rings. The van der Waals surface area contributed by atoms with E-state index in [-0.39, 0.29) is 0 Å². The zero-order valence-corrected chi connectivity index (χ0v) is 31.1. The van der Waals surface area contributed by atoms with Crippen molar-refractivity contribution in [2.75, 3.05) is 0 Å². The molecular weight excluding hydrogens is 695 g/mol. The smallest absolute Gasteiger partial charge is 0.164 e. The minimum Gasteiger partial charge on any atom is -0.457 e. The Morgan fingerprint density at radius 3 is 1.93 bits per heavy atom. The van der Waals surface area contributed by atoms with Gasteiger partial charge in [0.1, 0.15) is 11.5 Å². The lowest BCUT2D eigenvalue weighted by Gasteiger charge is -2.39. The van der Waals surface area contributed by atoms with Crippen LogP contribution in [0.3, 0.4) is 0 Å². The second-order valence-corrected chi connectivity index (χ2v) is 15.4. The molecule has 8 aromatic rings. The van der Waals surface area contributed by atoms with Crippen LogP contribution in [0.15, 0.2) is 170 Å². The zero-order valence-electron chi connectivity index (χ0n) is 31.1. The molecule has 0 saturated heterocycles. The van der Waals surface area contributed by atoms with E-state index in [9.17, 15) is 0 Å². The predicted octanol–water partition coefficient (Wildman–Crippen LogP) is 12.7. The van der Waals surface area contributed by atoms with E-state index in [1.54, 1.807) is 0 Å². The number of nitrogens with zero attached hydrogens (tertiary/aromatic N) is 3. The molecule has 4 heteroatoms. The van der Waals surface area contributed by atoms with Crippen LogP contribution in [0, 0.1) is 0 Å². The summed E-state index contributed by atoms with van der Waals surface area (Å²) in [6.45, 7) is 0. The van der Waals surface area contributed by atoms with E-state index >= 15 is 0 Å². The molecule has 0 bridgehead atoms. The van der Waals surface area contributed by atoms with Crippen LogP contribution in [0.25, 0.3) is 61.9 Å². The van der Waals surface area contributed by atoms with E-state index < -0.39 is 5.41 Å². The third kappa shape index (κ3) is 4.83. The fourth-order valence-electron chi connectivity index (χ4n) is 9.77. The van der Waals surface area contributed by atoms with Crippen molar-refractivity contribution in [2.24, 2.45) is 0 Å². The molecule has 12 rings (SSSR count). The fourth-order valence-corrected chi connectivity index (χ4v) is 9.77. The molecule has 0 amide bonds. The van der Waals surface area contributed by atoms with Crippen LogP contribution in [-0.4, -0.2) is 15.0 Å². The van der Waals surface area contributed by atoms with Gasteiger partial charge in [-0.1, -0.05) is 146 Å². The number of hydrogen-bond donors (Lipinski definition) is 0. The number of rotatable bonds is 4. The van der Waals surface area contributed by atoms with Crippen LogP contribution in [0.5, 0.6) is 11.5 Å². The highest BCUT2D eigenvalue weighted by Crippen LogP contribution is 2.62. The van der Waals surface area contributed by atoms with Crippen LogP contribution in [0.2, 0.25) is 0 Å². The standard InChI is InChI=1S/C53H35N3O/c1-2-12-35(13-3-1)50-54-51(56-52(55-50)40-30-38-16-10-14-34-15-11-17-39(31-40)49(34)38)36-26-24-33(25-27-36)37-28-29-48-46(32-37)53(45-22-8-9-23-47(45)57-48)43-20-6-4-18-41(43)42-19-5-7-21-44(42)53/h1-14,16-24,26,28-32H,15,25,27H2. The molecule has 1 aliphatic heterocycles. The van der Waals surface area contributed by atoms with Gasteiger partial charge in [0.05, 0.1) is 5.41 Å². The minimum absolute atomic E-state index is 0.489. The van der Waals surface area contributed by atoms with Gasteiger partial charge in [0.25, 0.3) is 0 Å². The highest BCUT2D eigenvalue weighted by Gasteiger charge is 2.51. The maximum absolute atomic E-state index is 6.70. The Morgan fingerprint density at radius 1 is 0.474 bits per heavy atom. The molecule has 0 unspecified atom stereocenters. The van der Waals surface area contributed by atoms with Crippen molar-refractivity contribution in [1.29, 1.82) is 0 Å². The average molecular weight is 730 g/mol. The fraction of sp³-hybridized carbons (Fsp3) is 0.0755. The lowest BCUT2D eigenvalue weighted by molar-refractivity contribution is 0.436. The number of benzene rings is 7. The van der Waals surface area contributed by atoms with Gasteiger partial charge in [0.2, 0.25) is 0 Å². The quantitative estimate of drug-likeness (QED) is 0.181. The number of hydrogen-bond acceptors (Lipinski definition) is 4. The Hall–Kier alpha value is -7.17. The first-order chi connectivity index (χ1) is 28.2. The molecule has 0 atom stereocenters. The Labute approximate surface area is 331 Å². The van der Waals surface area contributed by atoms with Gasteiger partial charge in [-0.15, -0.1) is 0 Å². The van der Waals surface area contributed by atoms with Gasteiger partial charge >= 0.3 is 0 Å². The van der Waals surface area contributed by atoms with Crippen LogP contribution in [0.4, 0.5) is 0 Å². The first-order valence-corrected chi connectivity index (χ1v) is 19.8. The van der Waals surface area contributed by atoms with Crippen molar-refractivity contribution >= 4 is 28.0 Å². The summed E-state index contributed by atoms with van der Waals surface area (Å²) in [5, 5.41) is 2.53. The molecule has 0 N–H and O–H groups in total. The van der Waals surface area contributed by atoms with Crippen LogP contribution >= 0.6 is 0 Å². The maximum Gasteiger partial charge on any atom is 0.164 e. The van der Waals surface area contributed by atoms with Crippen LogP contribution < -0.4 is 4.74 Å². The largest absolute Gasteiger partial charge is 0.457 e. The van der Waals surface area contributed by atoms with Gasteiger partial charge < -0.3 is 4.74 Å². The molecule has 3 aliphatic carbocycles. The van der Waals surface area contributed by atoms with Gasteiger partial charge in [0.15, 0.2) is 17.5 Å². The second-order valence-electron chi connectivity index (χ2n) is 15.4. The van der Waals surface area contributed by atoms with E-state index in [2.05, 4.69) is 158 Å². The van der Waals surface area contributed by atoms with Crippen molar-refractivity contribution in [3.8, 4) is 45.4 Å². The van der Waals surface area contributed by atoms with E-state index in [1.165, 1.54) is 66.4 Å². The number of ether oxygens (including phenoxy) is 1. The molecule has 2 heterocycles. The molecule has 4 nitrogen and oxygen atoms in total. The first-order valence-electron chi connectivity index (χ1n) is 19.8. The molecule has 1 aromatic heterocycles. The van der Waals surface area contributed by atoms with Crippen LogP contribution in [-0.2, 0) is 11.8 Å². The van der Waals surface area contributed by atoms with Crippen molar-refractivity contribution in [2.45, 2.75) is 24.7 Å². The highest BCUT2D eigenvalue weighted by atomic mass is 16.5. The normalized spacial score (nSPS) is 15.2. The van der Waals surface area contributed by atoms with Crippen molar-refractivity contribution in [3.63, 3.8) is 0 Å². The minimum atomic E-state index is -0.489. The van der Waals surface area contributed by atoms with Crippen molar-refractivity contribution in [3.05, 3.63) is 215 Å². The molecule has 1 spiro atoms. The first kappa shape index (κ1) is 32.1. The van der Waals surface area contributed by atoms with Crippen molar-refractivity contribution < 1.29 is 4.74 Å². The summed E-state index contributed by atoms with van der Waals surface area (Å²) in [6, 6.07) is 54.4. The summed E-state index contributed by atoms with van der Waals surface area (Å²) >= 11 is 0. The predicted molar refractivity (Wildman–Crippen MR) is 230 cm³/mol. The van der Waals surface area contributed by atoms with E-state index in [0.29, 0.717) is 11.6 Å². The second kappa shape index (κ2) is 12.4. The maximum atomic E-state index is 6.70. The lowest BCUT2D eigenvalue weighted by Crippen LogP contribution is -2.32. The Balaban J connectivity index is 0.979. The zero-order chi connectivity index (χ0) is 37.5.